The van der Waals surface area contributed by atoms with Crippen molar-refractivity contribution in [2.24, 2.45) is 7.05 Å². The largest absolute Gasteiger partial charge is 0.454 e. The number of hydrogen-bond acceptors (Lipinski definition) is 5. The highest BCUT2D eigenvalue weighted by molar-refractivity contribution is 7.14. The lowest BCUT2D eigenvalue weighted by molar-refractivity contribution is 0.101. The maximum Gasteiger partial charge on any atom is 0.274 e. The molecule has 1 amide bonds. The molecule has 0 saturated heterocycles. The molecule has 3 aromatic rings. The summed E-state index contributed by atoms with van der Waals surface area (Å²) in [6, 6.07) is 7.11. The summed E-state index contributed by atoms with van der Waals surface area (Å²) in [4.78, 5) is 16.8. The highest BCUT2D eigenvalue weighted by atomic mass is 35.5. The van der Waals surface area contributed by atoms with Crippen molar-refractivity contribution in [3.05, 3.63) is 45.5 Å². The first-order valence-electron chi connectivity index (χ1n) is 7.20. The molecule has 4 rings (SSSR count). The van der Waals surface area contributed by atoms with Gasteiger partial charge >= 0.3 is 0 Å². The van der Waals surface area contributed by atoms with Crippen LogP contribution in [0.4, 0.5) is 5.13 Å². The number of nitrogens with one attached hydrogen (secondary N) is 1. The van der Waals surface area contributed by atoms with E-state index in [-0.39, 0.29) is 12.7 Å². The van der Waals surface area contributed by atoms with Crippen molar-refractivity contribution in [1.82, 2.24) is 9.55 Å². The van der Waals surface area contributed by atoms with Gasteiger partial charge in [-0.2, -0.15) is 0 Å². The number of carbonyl (C=O) groups is 1. The highest BCUT2D eigenvalue weighted by Gasteiger charge is 2.18. The van der Waals surface area contributed by atoms with Gasteiger partial charge in [-0.15, -0.1) is 11.3 Å². The third-order valence-electron chi connectivity index (χ3n) is 3.74. The van der Waals surface area contributed by atoms with Gasteiger partial charge in [-0.25, -0.2) is 4.98 Å². The fraction of sp³-hybridized carbons (Fsp3) is 0.125. The zero-order valence-electron chi connectivity index (χ0n) is 12.9. The van der Waals surface area contributed by atoms with E-state index in [1.807, 2.05) is 23.6 Å². The van der Waals surface area contributed by atoms with Gasteiger partial charge in [0.1, 0.15) is 10.8 Å². The number of halogens is 2. The van der Waals surface area contributed by atoms with Crippen molar-refractivity contribution < 1.29 is 14.3 Å². The molecule has 6 nitrogen and oxygen atoms in total. The molecule has 0 radical (unpaired) electrons. The quantitative estimate of drug-likeness (QED) is 0.711. The van der Waals surface area contributed by atoms with Crippen LogP contribution in [0.25, 0.3) is 11.3 Å². The molecule has 9 heteroatoms. The number of ether oxygens (including phenoxy) is 2. The van der Waals surface area contributed by atoms with E-state index in [1.165, 1.54) is 22.0 Å². The Hall–Kier alpha value is -2.22. The van der Waals surface area contributed by atoms with Gasteiger partial charge in [0.05, 0.1) is 10.7 Å². The Morgan fingerprint density at radius 1 is 1.28 bits per heavy atom. The van der Waals surface area contributed by atoms with Crippen LogP contribution in [0.15, 0.2) is 29.6 Å². The lowest BCUT2D eigenvalue weighted by Gasteiger charge is -2.03. The standard InChI is InChI=1S/C16H11Cl2N3O3S/c1-21-11(5-9(17)14(21)18)15(22)20-16-19-10(6-25-16)8-2-3-12-13(4-8)24-7-23-12/h2-6H,7H2,1H3,(H,19,20,22). The van der Waals surface area contributed by atoms with Crippen molar-refractivity contribution in [2.75, 3.05) is 12.1 Å². The Labute approximate surface area is 156 Å². The maximum absolute atomic E-state index is 12.4. The van der Waals surface area contributed by atoms with Crippen LogP contribution >= 0.6 is 34.5 Å². The summed E-state index contributed by atoms with van der Waals surface area (Å²) >= 11 is 13.3. The number of anilines is 1. The number of nitrogens with zero attached hydrogens (tertiary/aromatic N) is 2. The fourth-order valence-electron chi connectivity index (χ4n) is 2.44. The minimum atomic E-state index is -0.331. The molecule has 128 valence electrons. The van der Waals surface area contributed by atoms with E-state index in [4.69, 9.17) is 32.7 Å². The van der Waals surface area contributed by atoms with Crippen molar-refractivity contribution in [3.63, 3.8) is 0 Å². The molecule has 0 aliphatic carbocycles. The Morgan fingerprint density at radius 3 is 2.84 bits per heavy atom. The fourth-order valence-corrected chi connectivity index (χ4v) is 3.53. The third-order valence-corrected chi connectivity index (χ3v) is 5.34. The monoisotopic (exact) mass is 395 g/mol. The van der Waals surface area contributed by atoms with Crippen LogP contribution in [-0.4, -0.2) is 22.3 Å². The summed E-state index contributed by atoms with van der Waals surface area (Å²) in [7, 11) is 1.67. The molecule has 25 heavy (non-hydrogen) atoms. The molecule has 0 saturated carbocycles. The summed E-state index contributed by atoms with van der Waals surface area (Å²) < 4.78 is 12.2. The Morgan fingerprint density at radius 2 is 2.08 bits per heavy atom. The number of thiazole rings is 1. The number of amides is 1. The maximum atomic E-state index is 12.4. The third kappa shape index (κ3) is 2.95. The topological polar surface area (TPSA) is 65.4 Å². The predicted octanol–water partition coefficient (Wildman–Crippen LogP) is 4.44. The van der Waals surface area contributed by atoms with E-state index in [9.17, 15) is 4.79 Å². The zero-order chi connectivity index (χ0) is 17.6. The van der Waals surface area contributed by atoms with Gasteiger partial charge in [0.25, 0.3) is 5.91 Å². The number of aromatic nitrogens is 2. The molecule has 0 atom stereocenters. The van der Waals surface area contributed by atoms with E-state index in [0.717, 1.165) is 11.3 Å². The summed E-state index contributed by atoms with van der Waals surface area (Å²) in [6.07, 6.45) is 0. The minimum absolute atomic E-state index is 0.221. The Bertz CT molecular complexity index is 983. The molecule has 1 N–H and O–H groups in total. The van der Waals surface area contributed by atoms with Gasteiger partial charge in [-0.05, 0) is 24.3 Å². The van der Waals surface area contributed by atoms with Crippen LogP contribution in [0.5, 0.6) is 11.5 Å². The second kappa shape index (κ2) is 6.25. The minimum Gasteiger partial charge on any atom is -0.454 e. The molecular formula is C16H11Cl2N3O3S. The van der Waals surface area contributed by atoms with Crippen LogP contribution in [-0.2, 0) is 7.05 Å². The van der Waals surface area contributed by atoms with Crippen molar-refractivity contribution in [2.45, 2.75) is 0 Å². The summed E-state index contributed by atoms with van der Waals surface area (Å²) in [5, 5.41) is 5.73. The van der Waals surface area contributed by atoms with Gasteiger partial charge in [-0.3, -0.25) is 10.1 Å². The molecule has 1 aromatic carbocycles. The smallest absolute Gasteiger partial charge is 0.274 e. The lowest BCUT2D eigenvalue weighted by Crippen LogP contribution is -2.15. The van der Waals surface area contributed by atoms with Crippen molar-refractivity contribution in [1.29, 1.82) is 0 Å². The second-order valence-corrected chi connectivity index (χ2v) is 6.91. The summed E-state index contributed by atoms with van der Waals surface area (Å²) in [5.74, 6) is 1.07. The highest BCUT2D eigenvalue weighted by Crippen LogP contribution is 2.36. The first-order valence-corrected chi connectivity index (χ1v) is 8.84. The molecule has 0 spiro atoms. The average Bonchev–Trinajstić information content (AvgIpc) is 3.30. The lowest BCUT2D eigenvalue weighted by atomic mass is 10.1. The van der Waals surface area contributed by atoms with Gasteiger partial charge < -0.3 is 14.0 Å². The molecule has 0 bridgehead atoms. The molecule has 0 fully saturated rings. The van der Waals surface area contributed by atoms with Crippen LogP contribution < -0.4 is 14.8 Å². The van der Waals surface area contributed by atoms with Gasteiger partial charge in [0, 0.05) is 18.0 Å². The Kier molecular flexibility index (Phi) is 4.07. The van der Waals surface area contributed by atoms with Crippen LogP contribution in [0.1, 0.15) is 10.5 Å². The van der Waals surface area contributed by atoms with E-state index < -0.39 is 0 Å². The molecule has 3 heterocycles. The van der Waals surface area contributed by atoms with Crippen LogP contribution in [0.3, 0.4) is 0 Å². The van der Waals surface area contributed by atoms with E-state index >= 15 is 0 Å². The first-order chi connectivity index (χ1) is 12.0. The summed E-state index contributed by atoms with van der Waals surface area (Å²) in [6.45, 7) is 0.221. The number of hydrogen-bond donors (Lipinski definition) is 1. The molecule has 1 aliphatic rings. The van der Waals surface area contributed by atoms with Crippen molar-refractivity contribution >= 4 is 45.6 Å². The molecule has 0 unspecified atom stereocenters. The second-order valence-electron chi connectivity index (χ2n) is 5.29. The molecule has 2 aromatic heterocycles. The number of carbonyl (C=O) groups excluding carboxylic acids is 1. The van der Waals surface area contributed by atoms with Gasteiger partial charge in [0.2, 0.25) is 6.79 Å². The zero-order valence-corrected chi connectivity index (χ0v) is 15.2. The molecular weight excluding hydrogens is 385 g/mol. The van der Waals surface area contributed by atoms with Crippen LogP contribution in [0, 0.1) is 0 Å². The SMILES string of the molecule is Cn1c(C(=O)Nc2nc(-c3ccc4c(c3)OCO4)cs2)cc(Cl)c1Cl. The van der Waals surface area contributed by atoms with Gasteiger partial charge in [-0.1, -0.05) is 23.2 Å². The number of fused-ring (bicyclic) bond motifs is 1. The number of rotatable bonds is 3. The summed E-state index contributed by atoms with van der Waals surface area (Å²) in [5.41, 5.74) is 1.97. The van der Waals surface area contributed by atoms with E-state index in [0.29, 0.717) is 32.5 Å². The van der Waals surface area contributed by atoms with Gasteiger partial charge in [0.15, 0.2) is 16.6 Å². The van der Waals surface area contributed by atoms with E-state index in [2.05, 4.69) is 10.3 Å². The predicted molar refractivity (Wildman–Crippen MR) is 97.1 cm³/mol. The van der Waals surface area contributed by atoms with Crippen LogP contribution in [0.2, 0.25) is 10.2 Å². The number of benzene rings is 1. The van der Waals surface area contributed by atoms with E-state index in [1.54, 1.807) is 7.05 Å². The molecule has 1 aliphatic heterocycles. The first kappa shape index (κ1) is 16.3. The normalized spacial score (nSPS) is 12.4. The Balaban J connectivity index is 1.55. The van der Waals surface area contributed by atoms with Crippen molar-refractivity contribution in [3.8, 4) is 22.8 Å². The average molecular weight is 396 g/mol.